The van der Waals surface area contributed by atoms with Gasteiger partial charge in [-0.25, -0.2) is 0 Å². The maximum absolute atomic E-state index is 12.3. The van der Waals surface area contributed by atoms with Gasteiger partial charge in [0.2, 0.25) is 0 Å². The lowest BCUT2D eigenvalue weighted by Crippen LogP contribution is -2.49. The van der Waals surface area contributed by atoms with Gasteiger partial charge in [0.15, 0.2) is 0 Å². The van der Waals surface area contributed by atoms with Gasteiger partial charge in [0, 0.05) is 57.1 Å². The molecule has 0 aliphatic carbocycles. The zero-order valence-corrected chi connectivity index (χ0v) is 13.9. The van der Waals surface area contributed by atoms with E-state index in [0.717, 1.165) is 37.4 Å². The molecule has 0 saturated carbocycles. The van der Waals surface area contributed by atoms with Crippen LogP contribution in [-0.2, 0) is 6.54 Å². The van der Waals surface area contributed by atoms with E-state index in [4.69, 9.17) is 0 Å². The summed E-state index contributed by atoms with van der Waals surface area (Å²) >= 11 is 0. The van der Waals surface area contributed by atoms with Gasteiger partial charge in [-0.15, -0.1) is 4.91 Å². The number of carbonyl (C=O) groups is 1. The Kier molecular flexibility index (Phi) is 5.01. The molecule has 2 N–H and O–H groups in total. The van der Waals surface area contributed by atoms with Crippen LogP contribution in [0.3, 0.4) is 0 Å². The van der Waals surface area contributed by atoms with Gasteiger partial charge in [-0.05, 0) is 31.2 Å². The van der Waals surface area contributed by atoms with Crippen molar-refractivity contribution in [2.45, 2.75) is 26.4 Å². The summed E-state index contributed by atoms with van der Waals surface area (Å²) in [6, 6.07) is 4.17. The number of nitroso groups, excluding NO2 is 1. The van der Waals surface area contributed by atoms with Crippen molar-refractivity contribution in [3.8, 4) is 0 Å². The Morgan fingerprint density at radius 3 is 2.35 bits per heavy atom. The third-order valence-electron chi connectivity index (χ3n) is 4.71. The van der Waals surface area contributed by atoms with Crippen molar-refractivity contribution < 1.29 is 10.3 Å². The number of benzene rings is 1. The minimum atomic E-state index is -0.104. The number of nitrogens with zero attached hydrogens (tertiary/aromatic N) is 4. The Balaban J connectivity index is 0.00000192. The molecule has 3 rings (SSSR count). The molecule has 0 bridgehead atoms. The summed E-state index contributed by atoms with van der Waals surface area (Å²) in [5.74, 6) is -0.104. The van der Waals surface area contributed by atoms with Gasteiger partial charge < -0.3 is 15.3 Å². The second-order valence-electron chi connectivity index (χ2n) is 6.33. The van der Waals surface area contributed by atoms with E-state index < -0.39 is 0 Å². The number of hydrogen-bond acceptors (Lipinski definition) is 5. The van der Waals surface area contributed by atoms with Gasteiger partial charge in [-0.2, -0.15) is 0 Å². The number of hydrogen-bond donors (Lipinski definition) is 0. The fourth-order valence-corrected chi connectivity index (χ4v) is 3.37. The average molecular weight is 320 g/mol. The molecule has 1 fully saturated rings. The molecule has 2 heterocycles. The minimum absolute atomic E-state index is 0. The summed E-state index contributed by atoms with van der Waals surface area (Å²) in [5.41, 5.74) is 2.77. The molecule has 1 saturated heterocycles. The molecular formula is C16H24N4O3. The number of anilines is 1. The van der Waals surface area contributed by atoms with Crippen molar-refractivity contribution in [1.29, 1.82) is 0 Å². The Labute approximate surface area is 136 Å². The lowest BCUT2D eigenvalue weighted by atomic mass is 10.0. The quantitative estimate of drug-likeness (QED) is 0.787. The van der Waals surface area contributed by atoms with Crippen molar-refractivity contribution in [3.05, 3.63) is 28.2 Å². The van der Waals surface area contributed by atoms with E-state index in [-0.39, 0.29) is 17.1 Å². The van der Waals surface area contributed by atoms with Crippen LogP contribution in [0.25, 0.3) is 0 Å². The molecule has 1 aromatic rings. The number of carbonyl (C=O) groups excluding carboxylic acids is 1. The zero-order valence-electron chi connectivity index (χ0n) is 13.9. The van der Waals surface area contributed by atoms with Gasteiger partial charge in [-0.3, -0.25) is 9.69 Å². The molecule has 0 unspecified atom stereocenters. The minimum Gasteiger partial charge on any atom is -0.412 e. The second-order valence-corrected chi connectivity index (χ2v) is 6.33. The fraction of sp³-hybridized carbons (Fsp3) is 0.562. The molecule has 7 heteroatoms. The number of piperazine rings is 1. The smallest absolute Gasteiger partial charge is 0.256 e. The SMILES string of the molecule is CC(C)N1CCN(c2ccc(N=O)c3c2CN(C)C3=O)CC1.O. The largest absolute Gasteiger partial charge is 0.412 e. The number of amides is 1. The van der Waals surface area contributed by atoms with Gasteiger partial charge in [0.1, 0.15) is 5.69 Å². The maximum Gasteiger partial charge on any atom is 0.256 e. The van der Waals surface area contributed by atoms with E-state index in [1.807, 2.05) is 6.07 Å². The fourth-order valence-electron chi connectivity index (χ4n) is 3.37. The summed E-state index contributed by atoms with van der Waals surface area (Å²) < 4.78 is 0. The predicted molar refractivity (Wildman–Crippen MR) is 90.2 cm³/mol. The second kappa shape index (κ2) is 6.64. The maximum atomic E-state index is 12.3. The summed E-state index contributed by atoms with van der Waals surface area (Å²) in [6.45, 7) is 8.90. The highest BCUT2D eigenvalue weighted by Crippen LogP contribution is 2.37. The first kappa shape index (κ1) is 17.4. The normalized spacial score (nSPS) is 18.2. The lowest BCUT2D eigenvalue weighted by molar-refractivity contribution is 0.0817. The van der Waals surface area contributed by atoms with Gasteiger partial charge in [-0.1, -0.05) is 0 Å². The average Bonchev–Trinajstić information content (AvgIpc) is 2.82. The molecule has 0 aromatic heterocycles. The monoisotopic (exact) mass is 320 g/mol. The molecular weight excluding hydrogens is 296 g/mol. The molecule has 126 valence electrons. The van der Waals surface area contributed by atoms with Crippen LogP contribution in [0.1, 0.15) is 29.8 Å². The molecule has 7 nitrogen and oxygen atoms in total. The first-order chi connectivity index (χ1) is 10.5. The van der Waals surface area contributed by atoms with Crippen LogP contribution in [-0.4, -0.2) is 60.5 Å². The topological polar surface area (TPSA) is 87.7 Å². The van der Waals surface area contributed by atoms with Crippen LogP contribution >= 0.6 is 0 Å². The molecule has 2 aliphatic rings. The molecule has 2 aliphatic heterocycles. The van der Waals surface area contributed by atoms with Crippen molar-refractivity contribution in [3.63, 3.8) is 0 Å². The molecule has 23 heavy (non-hydrogen) atoms. The Bertz CT molecular complexity index is 610. The Morgan fingerprint density at radius 2 is 1.78 bits per heavy atom. The third-order valence-corrected chi connectivity index (χ3v) is 4.71. The summed E-state index contributed by atoms with van der Waals surface area (Å²) in [4.78, 5) is 29.7. The Morgan fingerprint density at radius 1 is 1.13 bits per heavy atom. The molecule has 0 atom stereocenters. The summed E-state index contributed by atoms with van der Waals surface area (Å²) in [5, 5.41) is 3.02. The summed E-state index contributed by atoms with van der Waals surface area (Å²) in [7, 11) is 1.76. The highest BCUT2D eigenvalue weighted by molar-refractivity contribution is 6.04. The molecule has 0 radical (unpaired) electrons. The standard InChI is InChI=1S/C16H22N4O2.H2O/c1-11(2)19-6-8-20(9-7-19)14-5-4-13(17-22)15-12(14)10-18(3)16(15)21;/h4-5,11H,6-10H2,1-3H3;1H2. The van der Waals surface area contributed by atoms with Crippen LogP contribution in [0, 0.1) is 4.91 Å². The zero-order chi connectivity index (χ0) is 15.9. The van der Waals surface area contributed by atoms with Crippen LogP contribution in [0.2, 0.25) is 0 Å². The lowest BCUT2D eigenvalue weighted by Gasteiger charge is -2.38. The highest BCUT2D eigenvalue weighted by atomic mass is 16.3. The van der Waals surface area contributed by atoms with Crippen molar-refractivity contribution in [2.24, 2.45) is 5.18 Å². The van der Waals surface area contributed by atoms with E-state index in [1.54, 1.807) is 18.0 Å². The molecule has 0 spiro atoms. The van der Waals surface area contributed by atoms with E-state index in [0.29, 0.717) is 18.2 Å². The first-order valence-corrected chi connectivity index (χ1v) is 7.76. The van der Waals surface area contributed by atoms with Gasteiger partial charge >= 0.3 is 0 Å². The first-order valence-electron chi connectivity index (χ1n) is 7.76. The number of rotatable bonds is 3. The van der Waals surface area contributed by atoms with E-state index in [2.05, 4.69) is 28.8 Å². The van der Waals surface area contributed by atoms with Crippen molar-refractivity contribution in [1.82, 2.24) is 9.80 Å². The van der Waals surface area contributed by atoms with Crippen LogP contribution < -0.4 is 4.90 Å². The van der Waals surface area contributed by atoms with E-state index in [9.17, 15) is 9.70 Å². The van der Waals surface area contributed by atoms with E-state index in [1.165, 1.54) is 0 Å². The van der Waals surface area contributed by atoms with Crippen molar-refractivity contribution in [2.75, 3.05) is 38.1 Å². The summed E-state index contributed by atoms with van der Waals surface area (Å²) in [6.07, 6.45) is 0. The van der Waals surface area contributed by atoms with E-state index >= 15 is 0 Å². The van der Waals surface area contributed by atoms with Crippen LogP contribution in [0.5, 0.6) is 0 Å². The number of fused-ring (bicyclic) bond motifs is 1. The predicted octanol–water partition coefficient (Wildman–Crippen LogP) is 1.38. The van der Waals surface area contributed by atoms with Gasteiger partial charge in [0.25, 0.3) is 5.91 Å². The van der Waals surface area contributed by atoms with Gasteiger partial charge in [0.05, 0.1) is 5.56 Å². The van der Waals surface area contributed by atoms with Crippen LogP contribution in [0.15, 0.2) is 17.3 Å². The Hall–Kier alpha value is -1.99. The van der Waals surface area contributed by atoms with Crippen LogP contribution in [0.4, 0.5) is 11.4 Å². The molecule has 1 amide bonds. The van der Waals surface area contributed by atoms with Crippen molar-refractivity contribution >= 4 is 17.3 Å². The molecule has 1 aromatic carbocycles. The highest BCUT2D eigenvalue weighted by Gasteiger charge is 2.32. The third kappa shape index (κ3) is 2.94.